The van der Waals surface area contributed by atoms with Crippen molar-refractivity contribution in [2.45, 2.75) is 33.1 Å². The monoisotopic (exact) mass is 210 g/mol. The Hall–Kier alpha value is -1.25. The SMILES string of the molecule is CCOC(=O)C=C1C=C(OCC)CCC1. The molecule has 0 radical (unpaired) electrons. The second-order valence-corrected chi connectivity index (χ2v) is 3.37. The van der Waals surface area contributed by atoms with Crippen LogP contribution in [0.4, 0.5) is 0 Å². The fourth-order valence-electron chi connectivity index (χ4n) is 1.57. The molecule has 0 fully saturated rings. The van der Waals surface area contributed by atoms with E-state index >= 15 is 0 Å². The maximum absolute atomic E-state index is 11.2. The average molecular weight is 210 g/mol. The van der Waals surface area contributed by atoms with Gasteiger partial charge in [-0.2, -0.15) is 0 Å². The van der Waals surface area contributed by atoms with E-state index in [2.05, 4.69) is 0 Å². The van der Waals surface area contributed by atoms with Crippen LogP contribution >= 0.6 is 0 Å². The van der Waals surface area contributed by atoms with Crippen molar-refractivity contribution in [3.63, 3.8) is 0 Å². The summed E-state index contributed by atoms with van der Waals surface area (Å²) in [5.74, 6) is 0.709. The summed E-state index contributed by atoms with van der Waals surface area (Å²) in [5.41, 5.74) is 1.00. The molecule has 0 aromatic heterocycles. The number of esters is 1. The first kappa shape index (κ1) is 11.8. The molecule has 15 heavy (non-hydrogen) atoms. The van der Waals surface area contributed by atoms with Gasteiger partial charge in [-0.05, 0) is 38.3 Å². The quantitative estimate of drug-likeness (QED) is 0.528. The highest BCUT2D eigenvalue weighted by Gasteiger charge is 2.09. The predicted molar refractivity (Wildman–Crippen MR) is 58.3 cm³/mol. The van der Waals surface area contributed by atoms with E-state index in [1.165, 1.54) is 0 Å². The van der Waals surface area contributed by atoms with Crippen LogP contribution in [0, 0.1) is 0 Å². The second kappa shape index (κ2) is 6.27. The van der Waals surface area contributed by atoms with Crippen molar-refractivity contribution in [1.29, 1.82) is 0 Å². The first-order valence-corrected chi connectivity index (χ1v) is 5.47. The van der Waals surface area contributed by atoms with Crippen molar-refractivity contribution in [3.05, 3.63) is 23.5 Å². The van der Waals surface area contributed by atoms with Crippen LogP contribution < -0.4 is 0 Å². The number of carbonyl (C=O) groups excluding carboxylic acids is 1. The molecule has 0 atom stereocenters. The van der Waals surface area contributed by atoms with E-state index in [9.17, 15) is 4.79 Å². The summed E-state index contributed by atoms with van der Waals surface area (Å²) in [4.78, 5) is 11.2. The molecule has 3 nitrogen and oxygen atoms in total. The topological polar surface area (TPSA) is 35.5 Å². The summed E-state index contributed by atoms with van der Waals surface area (Å²) < 4.78 is 10.3. The molecule has 0 saturated heterocycles. The Bertz CT molecular complexity index is 277. The van der Waals surface area contributed by atoms with E-state index in [-0.39, 0.29) is 5.97 Å². The van der Waals surface area contributed by atoms with Crippen LogP contribution in [-0.4, -0.2) is 19.2 Å². The molecule has 0 spiro atoms. The van der Waals surface area contributed by atoms with Crippen LogP contribution in [0.2, 0.25) is 0 Å². The molecule has 0 heterocycles. The lowest BCUT2D eigenvalue weighted by atomic mass is 10.0. The maximum atomic E-state index is 11.2. The highest BCUT2D eigenvalue weighted by atomic mass is 16.5. The molecular weight excluding hydrogens is 192 g/mol. The van der Waals surface area contributed by atoms with Gasteiger partial charge in [-0.15, -0.1) is 0 Å². The molecule has 0 amide bonds. The number of allylic oxidation sites excluding steroid dienone is 3. The zero-order valence-electron chi connectivity index (χ0n) is 9.41. The van der Waals surface area contributed by atoms with Crippen molar-refractivity contribution in [2.75, 3.05) is 13.2 Å². The van der Waals surface area contributed by atoms with Crippen LogP contribution in [-0.2, 0) is 14.3 Å². The summed E-state index contributed by atoms with van der Waals surface area (Å²) >= 11 is 0. The first-order chi connectivity index (χ1) is 7.26. The van der Waals surface area contributed by atoms with Gasteiger partial charge in [0.05, 0.1) is 19.0 Å². The molecule has 0 unspecified atom stereocenters. The average Bonchev–Trinajstić information content (AvgIpc) is 2.19. The van der Waals surface area contributed by atoms with Gasteiger partial charge >= 0.3 is 5.97 Å². The Morgan fingerprint density at radius 3 is 2.87 bits per heavy atom. The molecule has 0 aliphatic heterocycles. The fourth-order valence-corrected chi connectivity index (χ4v) is 1.57. The Kier molecular flexibility index (Phi) is 4.95. The molecule has 0 aromatic rings. The fraction of sp³-hybridized carbons (Fsp3) is 0.583. The van der Waals surface area contributed by atoms with Gasteiger partial charge in [-0.25, -0.2) is 4.79 Å². The minimum Gasteiger partial charge on any atom is -0.498 e. The van der Waals surface area contributed by atoms with Gasteiger partial charge in [0, 0.05) is 12.5 Å². The first-order valence-electron chi connectivity index (χ1n) is 5.47. The summed E-state index contributed by atoms with van der Waals surface area (Å²) in [6.07, 6.45) is 6.44. The molecular formula is C12H18O3. The van der Waals surface area contributed by atoms with Crippen LogP contribution in [0.3, 0.4) is 0 Å². The number of carbonyl (C=O) groups is 1. The van der Waals surface area contributed by atoms with Crippen molar-refractivity contribution in [1.82, 2.24) is 0 Å². The highest BCUT2D eigenvalue weighted by molar-refractivity contribution is 5.83. The summed E-state index contributed by atoms with van der Waals surface area (Å²) in [6.45, 7) is 4.87. The van der Waals surface area contributed by atoms with Gasteiger partial charge in [0.2, 0.25) is 0 Å². The summed E-state index contributed by atoms with van der Waals surface area (Å²) in [6, 6.07) is 0. The molecule has 3 heteroatoms. The Morgan fingerprint density at radius 2 is 2.20 bits per heavy atom. The molecule has 84 valence electrons. The minimum atomic E-state index is -0.263. The van der Waals surface area contributed by atoms with Crippen molar-refractivity contribution < 1.29 is 14.3 Å². The van der Waals surface area contributed by atoms with E-state index in [4.69, 9.17) is 9.47 Å². The van der Waals surface area contributed by atoms with Crippen molar-refractivity contribution >= 4 is 5.97 Å². The molecule has 0 aromatic carbocycles. The molecule has 1 aliphatic rings. The molecule has 1 rings (SSSR count). The zero-order valence-corrected chi connectivity index (χ0v) is 9.41. The predicted octanol–water partition coefficient (Wildman–Crippen LogP) is 2.58. The van der Waals surface area contributed by atoms with Gasteiger partial charge in [0.1, 0.15) is 0 Å². The van der Waals surface area contributed by atoms with Crippen molar-refractivity contribution in [2.24, 2.45) is 0 Å². The van der Waals surface area contributed by atoms with Gasteiger partial charge in [-0.1, -0.05) is 0 Å². The minimum absolute atomic E-state index is 0.263. The number of ether oxygens (including phenoxy) is 2. The van der Waals surface area contributed by atoms with E-state index in [0.29, 0.717) is 13.2 Å². The van der Waals surface area contributed by atoms with Gasteiger partial charge in [0.15, 0.2) is 0 Å². The number of hydrogen-bond acceptors (Lipinski definition) is 3. The number of rotatable bonds is 4. The van der Waals surface area contributed by atoms with Gasteiger partial charge in [0.25, 0.3) is 0 Å². The molecule has 0 N–H and O–H groups in total. The van der Waals surface area contributed by atoms with Crippen LogP contribution in [0.5, 0.6) is 0 Å². The third kappa shape index (κ3) is 4.19. The Morgan fingerprint density at radius 1 is 1.40 bits per heavy atom. The largest absolute Gasteiger partial charge is 0.498 e. The molecule has 1 aliphatic carbocycles. The van der Waals surface area contributed by atoms with Crippen molar-refractivity contribution in [3.8, 4) is 0 Å². The lowest BCUT2D eigenvalue weighted by Crippen LogP contribution is -2.04. The van der Waals surface area contributed by atoms with E-state index in [0.717, 1.165) is 30.6 Å². The maximum Gasteiger partial charge on any atom is 0.331 e. The third-order valence-corrected chi connectivity index (χ3v) is 2.15. The lowest BCUT2D eigenvalue weighted by molar-refractivity contribution is -0.137. The highest BCUT2D eigenvalue weighted by Crippen LogP contribution is 2.22. The van der Waals surface area contributed by atoms with E-state index in [1.54, 1.807) is 13.0 Å². The van der Waals surface area contributed by atoms with Gasteiger partial charge in [-0.3, -0.25) is 0 Å². The lowest BCUT2D eigenvalue weighted by Gasteiger charge is -2.15. The Balaban J connectivity index is 2.61. The Labute approximate surface area is 90.8 Å². The normalized spacial score (nSPS) is 18.5. The summed E-state index contributed by atoms with van der Waals surface area (Å²) in [5, 5.41) is 0. The van der Waals surface area contributed by atoms with Crippen LogP contribution in [0.1, 0.15) is 33.1 Å². The second-order valence-electron chi connectivity index (χ2n) is 3.37. The van der Waals surface area contributed by atoms with E-state index in [1.807, 2.05) is 13.0 Å². The van der Waals surface area contributed by atoms with E-state index < -0.39 is 0 Å². The zero-order chi connectivity index (χ0) is 11.1. The third-order valence-electron chi connectivity index (χ3n) is 2.15. The number of hydrogen-bond donors (Lipinski definition) is 0. The summed E-state index contributed by atoms with van der Waals surface area (Å²) in [7, 11) is 0. The van der Waals surface area contributed by atoms with Crippen LogP contribution in [0.25, 0.3) is 0 Å². The smallest absolute Gasteiger partial charge is 0.331 e. The standard InChI is InChI=1S/C12H18O3/c1-3-14-11-7-5-6-10(8-11)9-12(13)15-4-2/h8-9H,3-7H2,1-2H3. The van der Waals surface area contributed by atoms with Crippen LogP contribution in [0.15, 0.2) is 23.5 Å². The van der Waals surface area contributed by atoms with Gasteiger partial charge < -0.3 is 9.47 Å². The molecule has 0 bridgehead atoms. The molecule has 0 saturated carbocycles.